The number of benzene rings is 2. The molecule has 0 aliphatic heterocycles. The van der Waals surface area contributed by atoms with Gasteiger partial charge in [0.2, 0.25) is 0 Å². The van der Waals surface area contributed by atoms with Gasteiger partial charge in [0.1, 0.15) is 0 Å². The summed E-state index contributed by atoms with van der Waals surface area (Å²) in [6.45, 7) is 15.7. The van der Waals surface area contributed by atoms with Gasteiger partial charge in [0.05, 0.1) is 0 Å². The molecule has 0 heterocycles. The summed E-state index contributed by atoms with van der Waals surface area (Å²) in [5.41, 5.74) is 5.25. The normalized spacial score (nSPS) is 20.3. The van der Waals surface area contributed by atoms with Gasteiger partial charge in [-0.2, -0.15) is 0 Å². The molecule has 0 bridgehead atoms. The molecule has 7 heteroatoms. The predicted octanol–water partition coefficient (Wildman–Crippen LogP) is 8.13. The third kappa shape index (κ3) is 6.22. The van der Waals surface area contributed by atoms with Crippen LogP contribution in [-0.4, -0.2) is 23.2 Å². The summed E-state index contributed by atoms with van der Waals surface area (Å²) in [4.78, 5) is 0. The van der Waals surface area contributed by atoms with Crippen molar-refractivity contribution >= 4 is 52.4 Å². The van der Waals surface area contributed by atoms with Crippen LogP contribution in [0.2, 0.25) is 12.1 Å². The molecule has 2 unspecified atom stereocenters. The van der Waals surface area contributed by atoms with Crippen LogP contribution in [0, 0.1) is 10.8 Å². The van der Waals surface area contributed by atoms with E-state index in [1.807, 2.05) is 0 Å². The standard InChI is InChI=1S/2C14H19OSi.C2H4.2ClH.Zr/c2*1-14(2,3)10-16-15-13-8-11-6-4-5-7-12(11)9-13;1-2;;;/h2*4-9H,10,16H2,1-3H3;1H,2H3;2*1H;/q;;;;;+2/p-2. The van der Waals surface area contributed by atoms with E-state index < -0.39 is 35.4 Å². The molecule has 0 saturated heterocycles. The topological polar surface area (TPSA) is 18.5 Å². The van der Waals surface area contributed by atoms with E-state index in [0.29, 0.717) is 0 Å². The molecule has 0 amide bonds. The summed E-state index contributed by atoms with van der Waals surface area (Å²) in [5, 5.41) is 0. The molecule has 0 fully saturated rings. The van der Waals surface area contributed by atoms with Crippen LogP contribution in [0.25, 0.3) is 12.2 Å². The number of halogens is 2. The molecule has 0 spiro atoms. The van der Waals surface area contributed by atoms with E-state index in [1.165, 1.54) is 22.3 Å². The van der Waals surface area contributed by atoms with E-state index in [2.05, 4.69) is 113 Å². The van der Waals surface area contributed by atoms with Crippen molar-refractivity contribution in [2.75, 3.05) is 0 Å². The quantitative estimate of drug-likeness (QED) is 0.268. The van der Waals surface area contributed by atoms with Crippen LogP contribution in [0.4, 0.5) is 0 Å². The van der Waals surface area contributed by atoms with Crippen molar-refractivity contribution in [2.24, 2.45) is 10.8 Å². The van der Waals surface area contributed by atoms with Crippen LogP contribution >= 0.6 is 17.0 Å². The molecule has 0 aromatic heterocycles. The molecule has 0 radical (unpaired) electrons. The van der Waals surface area contributed by atoms with Gasteiger partial charge in [0, 0.05) is 0 Å². The Balaban J connectivity index is 1.80. The van der Waals surface area contributed by atoms with Crippen LogP contribution < -0.4 is 0 Å². The first-order valence-corrected chi connectivity index (χ1v) is 27.2. The number of allylic oxidation sites excluding steroid dienone is 2. The first-order chi connectivity index (χ1) is 17.2. The van der Waals surface area contributed by atoms with Gasteiger partial charge >= 0.3 is 238 Å². The Bertz CT molecular complexity index is 1200. The summed E-state index contributed by atoms with van der Waals surface area (Å²) in [5.74, 6) is 1.95. The van der Waals surface area contributed by atoms with Crippen LogP contribution in [-0.2, 0) is 24.8 Å². The van der Waals surface area contributed by atoms with E-state index in [9.17, 15) is 0 Å². The first-order valence-electron chi connectivity index (χ1n) is 13.5. The second kappa shape index (κ2) is 10.7. The second-order valence-electron chi connectivity index (χ2n) is 13.1. The second-order valence-corrected chi connectivity index (χ2v) is 36.9. The zero-order chi connectivity index (χ0) is 27.1. The molecule has 2 aliphatic rings. The van der Waals surface area contributed by atoms with Crippen LogP contribution in [0.5, 0.6) is 0 Å². The molecule has 2 atom stereocenters. The van der Waals surface area contributed by atoms with Gasteiger partial charge in [-0.1, -0.05) is 0 Å². The van der Waals surface area contributed by atoms with E-state index in [-0.39, 0.29) is 18.1 Å². The van der Waals surface area contributed by atoms with Crippen LogP contribution in [0.3, 0.4) is 0 Å². The number of hydrogen-bond acceptors (Lipinski definition) is 2. The molecule has 2 aromatic carbocycles. The Morgan fingerprint density at radius 1 is 0.730 bits per heavy atom. The fraction of sp³-hybridized carbons (Fsp3) is 0.433. The Hall–Kier alpha value is -0.713. The third-order valence-corrected chi connectivity index (χ3v) is 31.0. The van der Waals surface area contributed by atoms with Crippen molar-refractivity contribution in [2.45, 2.75) is 67.8 Å². The molecule has 37 heavy (non-hydrogen) atoms. The fourth-order valence-electron chi connectivity index (χ4n) is 5.43. The van der Waals surface area contributed by atoms with Gasteiger partial charge in [-0.25, -0.2) is 0 Å². The fourth-order valence-corrected chi connectivity index (χ4v) is 24.1. The Labute approximate surface area is 236 Å². The van der Waals surface area contributed by atoms with Crippen molar-refractivity contribution in [3.8, 4) is 0 Å². The molecule has 0 N–H and O–H groups in total. The van der Waals surface area contributed by atoms with Crippen molar-refractivity contribution in [1.29, 1.82) is 0 Å². The van der Waals surface area contributed by atoms with Gasteiger partial charge in [-0.3, -0.25) is 0 Å². The minimum atomic E-state index is -4.92. The van der Waals surface area contributed by atoms with Gasteiger partial charge in [-0.05, 0) is 0 Å². The average Bonchev–Trinajstić information content (AvgIpc) is 3.36. The summed E-state index contributed by atoms with van der Waals surface area (Å²) in [7, 11) is 14.6. The third-order valence-electron chi connectivity index (χ3n) is 7.67. The van der Waals surface area contributed by atoms with Crippen molar-refractivity contribution < 1.29 is 24.8 Å². The SMILES string of the molecule is C[CH]=[Zr]([Cl])([Cl])([CH]1C(O[SiH2]CC(C)(C)C)=Cc2ccccc21)[CH]1C(O[SiH2]CC(C)(C)C)=Cc2ccccc21. The monoisotopic (exact) mass is 650 g/mol. The summed E-state index contributed by atoms with van der Waals surface area (Å²) >= 11 is -4.92. The van der Waals surface area contributed by atoms with E-state index in [0.717, 1.165) is 23.6 Å². The zero-order valence-electron chi connectivity index (χ0n) is 23.4. The average molecular weight is 653 g/mol. The molecule has 4 rings (SSSR count). The van der Waals surface area contributed by atoms with Crippen molar-refractivity contribution in [3.05, 3.63) is 82.3 Å². The molecule has 2 nitrogen and oxygen atoms in total. The van der Waals surface area contributed by atoms with E-state index in [4.69, 9.17) is 25.9 Å². The Morgan fingerprint density at radius 2 is 1.11 bits per heavy atom. The van der Waals surface area contributed by atoms with E-state index >= 15 is 0 Å². The number of fused-ring (bicyclic) bond motifs is 2. The molecular weight excluding hydrogens is 611 g/mol. The van der Waals surface area contributed by atoms with Gasteiger partial charge < -0.3 is 0 Å². The molecular formula is C30H42Cl2O2Si2Zr. The van der Waals surface area contributed by atoms with Gasteiger partial charge in [0.25, 0.3) is 0 Å². The minimum absolute atomic E-state index is 0.133. The van der Waals surface area contributed by atoms with Crippen LogP contribution in [0.1, 0.15) is 78.0 Å². The number of hydrogen-bond donors (Lipinski definition) is 0. The predicted molar refractivity (Wildman–Crippen MR) is 166 cm³/mol. The molecule has 2 aliphatic carbocycles. The molecule has 2 aromatic rings. The van der Waals surface area contributed by atoms with Crippen LogP contribution in [0.15, 0.2) is 60.0 Å². The maximum atomic E-state index is 8.08. The Kier molecular flexibility index (Phi) is 8.46. The molecule has 200 valence electrons. The summed E-state index contributed by atoms with van der Waals surface area (Å²) in [6, 6.07) is 19.3. The summed E-state index contributed by atoms with van der Waals surface area (Å²) < 4.78 is 15.3. The van der Waals surface area contributed by atoms with Crippen molar-refractivity contribution in [1.82, 2.24) is 0 Å². The van der Waals surface area contributed by atoms with Gasteiger partial charge in [-0.15, -0.1) is 0 Å². The summed E-state index contributed by atoms with van der Waals surface area (Å²) in [6.07, 6.45) is 4.41. The first kappa shape index (κ1) is 29.3. The number of rotatable bonds is 8. The zero-order valence-corrected chi connectivity index (χ0v) is 30.2. The Morgan fingerprint density at radius 3 is 1.46 bits per heavy atom. The molecule has 0 saturated carbocycles. The van der Waals surface area contributed by atoms with Gasteiger partial charge in [0.15, 0.2) is 0 Å². The maximum absolute atomic E-state index is 8.08. The van der Waals surface area contributed by atoms with E-state index in [1.54, 1.807) is 0 Å². The van der Waals surface area contributed by atoms with Crippen molar-refractivity contribution in [3.63, 3.8) is 0 Å².